The molecule has 15 heavy (non-hydrogen) atoms. The molecule has 0 aromatic heterocycles. The van der Waals surface area contributed by atoms with Crippen LogP contribution in [0.25, 0.3) is 0 Å². The number of halogens is 1. The third-order valence-electron chi connectivity index (χ3n) is 2.71. The van der Waals surface area contributed by atoms with Gasteiger partial charge in [-0.3, -0.25) is 4.79 Å². The van der Waals surface area contributed by atoms with E-state index in [9.17, 15) is 4.79 Å². The van der Waals surface area contributed by atoms with Crippen LogP contribution in [0.3, 0.4) is 0 Å². The molecule has 1 unspecified atom stereocenters. The molecule has 78 valence electrons. The topological polar surface area (TPSA) is 20.3 Å². The van der Waals surface area contributed by atoms with Crippen LogP contribution < -0.4 is 0 Å². The molecule has 1 heterocycles. The molecule has 1 aromatic carbocycles. The number of likely N-dealkylation sites (tertiary alicyclic amines) is 1. The molecule has 1 aliphatic heterocycles. The lowest BCUT2D eigenvalue weighted by atomic mass is 9.95. The van der Waals surface area contributed by atoms with Crippen molar-refractivity contribution in [2.24, 2.45) is 0 Å². The summed E-state index contributed by atoms with van der Waals surface area (Å²) in [5.74, 6) is 0.0197. The van der Waals surface area contributed by atoms with Crippen molar-refractivity contribution in [3.8, 4) is 0 Å². The first-order valence-corrected chi connectivity index (χ1v) is 5.70. The van der Waals surface area contributed by atoms with E-state index in [1.54, 1.807) is 0 Å². The third kappa shape index (κ3) is 1.97. The van der Waals surface area contributed by atoms with Crippen LogP contribution in [0.2, 0.25) is 0 Å². The first-order chi connectivity index (χ1) is 7.22. The second-order valence-electron chi connectivity index (χ2n) is 3.60. The molecule has 1 amide bonds. The van der Waals surface area contributed by atoms with Crippen LogP contribution in [0.1, 0.15) is 18.0 Å². The van der Waals surface area contributed by atoms with Crippen molar-refractivity contribution in [3.05, 3.63) is 47.0 Å². The number of amides is 1. The summed E-state index contributed by atoms with van der Waals surface area (Å²) < 4.78 is 1.05. The van der Waals surface area contributed by atoms with Crippen LogP contribution in [0, 0.1) is 0 Å². The molecule has 1 aliphatic rings. The van der Waals surface area contributed by atoms with Gasteiger partial charge in [-0.05, 0) is 30.2 Å². The van der Waals surface area contributed by atoms with Gasteiger partial charge in [0.2, 0.25) is 5.91 Å². The minimum atomic E-state index is 0.0197. The van der Waals surface area contributed by atoms with E-state index < -0.39 is 0 Å². The molecule has 0 bridgehead atoms. The van der Waals surface area contributed by atoms with Crippen LogP contribution >= 0.6 is 15.9 Å². The molecule has 0 aliphatic carbocycles. The minimum Gasteiger partial charge on any atom is -0.332 e. The maximum Gasteiger partial charge on any atom is 0.246 e. The molecule has 2 nitrogen and oxygen atoms in total. The zero-order valence-corrected chi connectivity index (χ0v) is 9.90. The Labute approximate surface area is 97.7 Å². The summed E-state index contributed by atoms with van der Waals surface area (Å²) in [7, 11) is 0. The number of carbonyl (C=O) groups excluding carboxylic acids is 1. The molecule has 1 saturated heterocycles. The molecule has 0 N–H and O–H groups in total. The van der Waals surface area contributed by atoms with Gasteiger partial charge in [0, 0.05) is 11.0 Å². The molecule has 1 aromatic rings. The van der Waals surface area contributed by atoms with Crippen molar-refractivity contribution in [1.29, 1.82) is 0 Å². The van der Waals surface area contributed by atoms with Gasteiger partial charge in [0.25, 0.3) is 0 Å². The van der Waals surface area contributed by atoms with Crippen molar-refractivity contribution in [1.82, 2.24) is 4.90 Å². The van der Waals surface area contributed by atoms with E-state index in [2.05, 4.69) is 34.6 Å². The first-order valence-electron chi connectivity index (χ1n) is 4.91. The standard InChI is InChI=1S/C12H12BrNO/c1-2-12(15)14-7-6-11(14)9-4-3-5-10(13)8-9/h2-5,8,11H,1,6-7H2. The Hall–Kier alpha value is -1.09. The summed E-state index contributed by atoms with van der Waals surface area (Å²) in [5, 5.41) is 0. The highest BCUT2D eigenvalue weighted by Crippen LogP contribution is 2.34. The fourth-order valence-electron chi connectivity index (χ4n) is 1.83. The Morgan fingerprint density at radius 3 is 2.93 bits per heavy atom. The average Bonchev–Trinajstić information content (AvgIpc) is 2.16. The van der Waals surface area contributed by atoms with Crippen LogP contribution in [0.4, 0.5) is 0 Å². The smallest absolute Gasteiger partial charge is 0.246 e. The van der Waals surface area contributed by atoms with Gasteiger partial charge in [0.05, 0.1) is 6.04 Å². The SMILES string of the molecule is C=CC(=O)N1CCC1c1cccc(Br)c1. The van der Waals surface area contributed by atoms with E-state index in [1.807, 2.05) is 17.0 Å². The van der Waals surface area contributed by atoms with E-state index >= 15 is 0 Å². The number of carbonyl (C=O) groups is 1. The Morgan fingerprint density at radius 2 is 2.40 bits per heavy atom. The summed E-state index contributed by atoms with van der Waals surface area (Å²) in [5.41, 5.74) is 1.19. The number of hydrogen-bond acceptors (Lipinski definition) is 1. The second-order valence-corrected chi connectivity index (χ2v) is 4.51. The normalized spacial score (nSPS) is 19.5. The second kappa shape index (κ2) is 4.19. The highest BCUT2D eigenvalue weighted by atomic mass is 79.9. The van der Waals surface area contributed by atoms with Gasteiger partial charge in [-0.25, -0.2) is 0 Å². The van der Waals surface area contributed by atoms with Crippen molar-refractivity contribution in [2.75, 3.05) is 6.54 Å². The lowest BCUT2D eigenvalue weighted by Crippen LogP contribution is -2.44. The average molecular weight is 266 g/mol. The van der Waals surface area contributed by atoms with Gasteiger partial charge in [0.15, 0.2) is 0 Å². The predicted molar refractivity (Wildman–Crippen MR) is 63.4 cm³/mol. The van der Waals surface area contributed by atoms with Crippen LogP contribution in [0.5, 0.6) is 0 Å². The van der Waals surface area contributed by atoms with Crippen LogP contribution in [-0.2, 0) is 4.79 Å². The van der Waals surface area contributed by atoms with Crippen molar-refractivity contribution < 1.29 is 4.79 Å². The summed E-state index contributed by atoms with van der Waals surface area (Å²) in [6, 6.07) is 8.33. The monoisotopic (exact) mass is 265 g/mol. The summed E-state index contributed by atoms with van der Waals surface area (Å²) in [6.07, 6.45) is 2.42. The quantitative estimate of drug-likeness (QED) is 0.754. The number of rotatable bonds is 2. The van der Waals surface area contributed by atoms with Crippen LogP contribution in [0.15, 0.2) is 41.4 Å². The Balaban J connectivity index is 2.18. The van der Waals surface area contributed by atoms with E-state index in [0.29, 0.717) is 0 Å². The van der Waals surface area contributed by atoms with Gasteiger partial charge in [-0.1, -0.05) is 34.6 Å². The zero-order chi connectivity index (χ0) is 10.8. The molecule has 1 atom stereocenters. The largest absolute Gasteiger partial charge is 0.332 e. The van der Waals surface area contributed by atoms with E-state index in [4.69, 9.17) is 0 Å². The van der Waals surface area contributed by atoms with Crippen molar-refractivity contribution >= 4 is 21.8 Å². The van der Waals surface area contributed by atoms with Crippen molar-refractivity contribution in [3.63, 3.8) is 0 Å². The van der Waals surface area contributed by atoms with Gasteiger partial charge in [-0.15, -0.1) is 0 Å². The fraction of sp³-hybridized carbons (Fsp3) is 0.250. The highest BCUT2D eigenvalue weighted by molar-refractivity contribution is 9.10. The van der Waals surface area contributed by atoms with E-state index in [0.717, 1.165) is 17.4 Å². The predicted octanol–water partition coefficient (Wildman–Crippen LogP) is 2.91. The number of nitrogens with zero attached hydrogens (tertiary/aromatic N) is 1. The van der Waals surface area contributed by atoms with E-state index in [1.165, 1.54) is 11.6 Å². The maximum atomic E-state index is 11.5. The molecular formula is C12H12BrNO. The number of hydrogen-bond donors (Lipinski definition) is 0. The van der Waals surface area contributed by atoms with Gasteiger partial charge >= 0.3 is 0 Å². The summed E-state index contributed by atoms with van der Waals surface area (Å²) in [6.45, 7) is 4.34. The zero-order valence-electron chi connectivity index (χ0n) is 8.32. The highest BCUT2D eigenvalue weighted by Gasteiger charge is 2.31. The maximum absolute atomic E-state index is 11.5. The molecule has 0 saturated carbocycles. The summed E-state index contributed by atoms with van der Waals surface area (Å²) >= 11 is 3.43. The Kier molecular flexibility index (Phi) is 2.91. The minimum absolute atomic E-state index is 0.0197. The molecule has 0 spiro atoms. The Morgan fingerprint density at radius 1 is 1.60 bits per heavy atom. The summed E-state index contributed by atoms with van der Waals surface area (Å²) in [4.78, 5) is 13.3. The molecule has 3 heteroatoms. The van der Waals surface area contributed by atoms with E-state index in [-0.39, 0.29) is 11.9 Å². The van der Waals surface area contributed by atoms with Crippen LogP contribution in [-0.4, -0.2) is 17.4 Å². The molecular weight excluding hydrogens is 254 g/mol. The fourth-order valence-corrected chi connectivity index (χ4v) is 2.25. The lowest BCUT2D eigenvalue weighted by Gasteiger charge is -2.40. The molecule has 1 fully saturated rings. The van der Waals surface area contributed by atoms with Gasteiger partial charge < -0.3 is 4.90 Å². The Bertz CT molecular complexity index is 402. The van der Waals surface area contributed by atoms with Gasteiger partial charge in [0.1, 0.15) is 0 Å². The lowest BCUT2D eigenvalue weighted by molar-refractivity contribution is -0.133. The molecule has 0 radical (unpaired) electrons. The number of benzene rings is 1. The third-order valence-corrected chi connectivity index (χ3v) is 3.20. The first kappa shape index (κ1) is 10.4. The molecule has 2 rings (SSSR count). The van der Waals surface area contributed by atoms with Crippen molar-refractivity contribution in [2.45, 2.75) is 12.5 Å². The van der Waals surface area contributed by atoms with Gasteiger partial charge in [-0.2, -0.15) is 0 Å².